The van der Waals surface area contributed by atoms with Crippen LogP contribution in [0.1, 0.15) is 26.3 Å². The third-order valence-electron chi connectivity index (χ3n) is 6.10. The fourth-order valence-electron chi connectivity index (χ4n) is 3.86. The summed E-state index contributed by atoms with van der Waals surface area (Å²) >= 11 is 0. The molecule has 0 aliphatic heterocycles. The quantitative estimate of drug-likeness (QED) is 0.361. The van der Waals surface area contributed by atoms with Crippen LogP contribution in [0.2, 0.25) is 0 Å². The molecule has 3 aromatic carbocycles. The Morgan fingerprint density at radius 2 is 1.62 bits per heavy atom. The van der Waals surface area contributed by atoms with Crippen LogP contribution in [0.3, 0.4) is 0 Å². The van der Waals surface area contributed by atoms with Gasteiger partial charge in [-0.3, -0.25) is 13.9 Å². The van der Waals surface area contributed by atoms with Gasteiger partial charge in [0.1, 0.15) is 24.2 Å². The molecule has 3 aromatic rings. The largest absolute Gasteiger partial charge is 0.497 e. The first-order valence-electron chi connectivity index (χ1n) is 12.6. The number of halogens is 1. The van der Waals surface area contributed by atoms with E-state index in [9.17, 15) is 22.4 Å². The average molecular weight is 556 g/mol. The van der Waals surface area contributed by atoms with E-state index in [1.165, 1.54) is 55.3 Å². The Kier molecular flexibility index (Phi) is 10.1. The fraction of sp³-hybridized carbons (Fsp3) is 0.310. The molecule has 0 heterocycles. The molecule has 3 rings (SSSR count). The van der Waals surface area contributed by atoms with Gasteiger partial charge in [-0.1, -0.05) is 56.3 Å². The van der Waals surface area contributed by atoms with Crippen molar-refractivity contribution in [3.05, 3.63) is 90.2 Å². The van der Waals surface area contributed by atoms with Crippen molar-refractivity contribution in [1.82, 2.24) is 10.2 Å². The Hall–Kier alpha value is -3.92. The SMILES string of the molecule is COc1cccc(N(CC(=O)N(Cc2ccccc2F)[C@@H](C)C(=O)NCC(C)C)S(=O)(=O)c2ccccc2)c1. The number of nitrogens with one attached hydrogen (secondary N) is 1. The number of amides is 2. The average Bonchev–Trinajstić information content (AvgIpc) is 2.94. The topological polar surface area (TPSA) is 96.0 Å². The van der Waals surface area contributed by atoms with Gasteiger partial charge in [0.2, 0.25) is 11.8 Å². The van der Waals surface area contributed by atoms with Crippen molar-refractivity contribution in [3.63, 3.8) is 0 Å². The van der Waals surface area contributed by atoms with E-state index in [0.29, 0.717) is 12.3 Å². The van der Waals surface area contributed by atoms with Gasteiger partial charge in [0.05, 0.1) is 17.7 Å². The zero-order valence-corrected chi connectivity index (χ0v) is 23.3. The van der Waals surface area contributed by atoms with E-state index in [-0.39, 0.29) is 28.6 Å². The summed E-state index contributed by atoms with van der Waals surface area (Å²) in [6.07, 6.45) is 0. The highest BCUT2D eigenvalue weighted by Gasteiger charge is 2.33. The van der Waals surface area contributed by atoms with E-state index in [1.54, 1.807) is 42.5 Å². The summed E-state index contributed by atoms with van der Waals surface area (Å²) in [6.45, 7) is 4.96. The number of sulfonamides is 1. The lowest BCUT2D eigenvalue weighted by Gasteiger charge is -2.32. The van der Waals surface area contributed by atoms with Gasteiger partial charge in [-0.2, -0.15) is 0 Å². The lowest BCUT2D eigenvalue weighted by Crippen LogP contribution is -2.51. The molecule has 0 unspecified atom stereocenters. The highest BCUT2D eigenvalue weighted by Crippen LogP contribution is 2.27. The molecule has 208 valence electrons. The first-order chi connectivity index (χ1) is 18.5. The molecule has 1 atom stereocenters. The standard InChI is InChI=1S/C29H34FN3O5S/c1-21(2)18-31-29(35)22(3)32(19-23-11-8-9-16-27(23)30)28(34)20-33(24-12-10-13-25(17-24)38-4)39(36,37)26-14-6-5-7-15-26/h5-17,21-22H,18-20H2,1-4H3,(H,31,35)/t22-/m0/s1. The third kappa shape index (κ3) is 7.57. The number of methoxy groups -OCH3 is 1. The summed E-state index contributed by atoms with van der Waals surface area (Å²) in [5.41, 5.74) is 0.405. The molecule has 0 aliphatic rings. The lowest BCUT2D eigenvalue weighted by atomic mass is 10.1. The Balaban J connectivity index is 2.03. The maximum absolute atomic E-state index is 14.6. The van der Waals surface area contributed by atoms with Gasteiger partial charge in [0.25, 0.3) is 10.0 Å². The van der Waals surface area contributed by atoms with Crippen LogP contribution in [-0.4, -0.2) is 51.4 Å². The Morgan fingerprint density at radius 3 is 2.26 bits per heavy atom. The normalized spacial score (nSPS) is 12.1. The number of hydrogen-bond acceptors (Lipinski definition) is 5. The molecule has 39 heavy (non-hydrogen) atoms. The van der Waals surface area contributed by atoms with Crippen molar-refractivity contribution in [2.24, 2.45) is 5.92 Å². The Morgan fingerprint density at radius 1 is 0.949 bits per heavy atom. The van der Waals surface area contributed by atoms with Crippen LogP contribution in [0.5, 0.6) is 5.75 Å². The molecule has 1 N–H and O–H groups in total. The summed E-state index contributed by atoms with van der Waals surface area (Å²) in [4.78, 5) is 28.0. The highest BCUT2D eigenvalue weighted by molar-refractivity contribution is 7.92. The molecule has 0 saturated heterocycles. The summed E-state index contributed by atoms with van der Waals surface area (Å²) in [5.74, 6) is -1.05. The van der Waals surface area contributed by atoms with Gasteiger partial charge in [0.15, 0.2) is 0 Å². The molecule has 0 spiro atoms. The van der Waals surface area contributed by atoms with Crippen LogP contribution in [-0.2, 0) is 26.2 Å². The summed E-state index contributed by atoms with van der Waals surface area (Å²) in [7, 11) is -2.75. The fourth-order valence-corrected chi connectivity index (χ4v) is 5.29. The second-order valence-electron chi connectivity index (χ2n) is 9.45. The maximum Gasteiger partial charge on any atom is 0.264 e. The smallest absolute Gasteiger partial charge is 0.264 e. The van der Waals surface area contributed by atoms with Crippen molar-refractivity contribution in [2.75, 3.05) is 24.5 Å². The van der Waals surface area contributed by atoms with Gasteiger partial charge in [-0.05, 0) is 43.2 Å². The lowest BCUT2D eigenvalue weighted by molar-refractivity contribution is -0.139. The number of rotatable bonds is 12. The molecule has 10 heteroatoms. The summed E-state index contributed by atoms with van der Waals surface area (Å²) < 4.78 is 48.4. The maximum atomic E-state index is 14.6. The van der Waals surface area contributed by atoms with Gasteiger partial charge in [-0.15, -0.1) is 0 Å². The summed E-state index contributed by atoms with van der Waals surface area (Å²) in [6, 6.07) is 19.0. The predicted octanol–water partition coefficient (Wildman–Crippen LogP) is 4.22. The molecule has 0 aromatic heterocycles. The molecule has 2 amide bonds. The van der Waals surface area contributed by atoms with E-state index in [4.69, 9.17) is 4.74 Å². The molecule has 8 nitrogen and oxygen atoms in total. The van der Waals surface area contributed by atoms with Crippen molar-refractivity contribution in [2.45, 2.75) is 38.3 Å². The van der Waals surface area contributed by atoms with E-state index in [0.717, 1.165) is 4.31 Å². The summed E-state index contributed by atoms with van der Waals surface area (Å²) in [5, 5.41) is 2.80. The Labute approximate surface area is 229 Å². The number of nitrogens with zero attached hydrogens (tertiary/aromatic N) is 2. The van der Waals surface area contributed by atoms with E-state index in [1.807, 2.05) is 13.8 Å². The first kappa shape index (κ1) is 29.6. The van der Waals surface area contributed by atoms with Crippen molar-refractivity contribution in [3.8, 4) is 5.75 Å². The molecule has 0 saturated carbocycles. The van der Waals surface area contributed by atoms with Crippen LogP contribution in [0.4, 0.5) is 10.1 Å². The second kappa shape index (κ2) is 13.2. The van der Waals surface area contributed by atoms with Gasteiger partial charge < -0.3 is 15.0 Å². The molecule has 0 fully saturated rings. The van der Waals surface area contributed by atoms with Crippen molar-refractivity contribution >= 4 is 27.5 Å². The van der Waals surface area contributed by atoms with Crippen LogP contribution < -0.4 is 14.4 Å². The Bertz CT molecular complexity index is 1380. The molecular formula is C29H34FN3O5S. The number of benzene rings is 3. The zero-order valence-electron chi connectivity index (χ0n) is 22.5. The van der Waals surface area contributed by atoms with E-state index >= 15 is 0 Å². The first-order valence-corrected chi connectivity index (χ1v) is 14.0. The minimum atomic E-state index is -4.20. The van der Waals surface area contributed by atoms with Crippen LogP contribution >= 0.6 is 0 Å². The predicted molar refractivity (Wildman–Crippen MR) is 148 cm³/mol. The molecule has 0 bridgehead atoms. The van der Waals surface area contributed by atoms with Crippen molar-refractivity contribution in [1.29, 1.82) is 0 Å². The van der Waals surface area contributed by atoms with Crippen molar-refractivity contribution < 1.29 is 27.1 Å². The van der Waals surface area contributed by atoms with E-state index < -0.39 is 40.2 Å². The van der Waals surface area contributed by atoms with Crippen LogP contribution in [0.15, 0.2) is 83.8 Å². The number of carbonyl (C=O) groups is 2. The van der Waals surface area contributed by atoms with Gasteiger partial charge >= 0.3 is 0 Å². The number of ether oxygens (including phenoxy) is 1. The zero-order chi connectivity index (χ0) is 28.6. The van der Waals surface area contributed by atoms with Crippen LogP contribution in [0, 0.1) is 11.7 Å². The molecular weight excluding hydrogens is 521 g/mol. The van der Waals surface area contributed by atoms with Crippen LogP contribution in [0.25, 0.3) is 0 Å². The highest BCUT2D eigenvalue weighted by atomic mass is 32.2. The monoisotopic (exact) mass is 555 g/mol. The second-order valence-corrected chi connectivity index (χ2v) is 11.3. The number of hydrogen-bond donors (Lipinski definition) is 1. The number of carbonyl (C=O) groups excluding carboxylic acids is 2. The number of anilines is 1. The van der Waals surface area contributed by atoms with Gasteiger partial charge in [0, 0.05) is 24.7 Å². The minimum Gasteiger partial charge on any atom is -0.497 e. The minimum absolute atomic E-state index is 0.0102. The molecule has 0 aliphatic carbocycles. The third-order valence-corrected chi connectivity index (χ3v) is 7.89. The van der Waals surface area contributed by atoms with Gasteiger partial charge in [-0.25, -0.2) is 12.8 Å². The van der Waals surface area contributed by atoms with E-state index in [2.05, 4.69) is 5.32 Å². The molecule has 0 radical (unpaired) electrons.